The summed E-state index contributed by atoms with van der Waals surface area (Å²) in [5.41, 5.74) is 2.20. The Labute approximate surface area is 132 Å². The van der Waals surface area contributed by atoms with Gasteiger partial charge in [0.25, 0.3) is 0 Å². The second-order valence-electron chi connectivity index (χ2n) is 5.94. The van der Waals surface area contributed by atoms with Crippen LogP contribution in [0.4, 0.5) is 8.78 Å². The Bertz CT molecular complexity index is 630. The third-order valence-electron chi connectivity index (χ3n) is 3.17. The molecule has 0 N–H and O–H groups in total. The molecule has 0 spiro atoms. The Morgan fingerprint density at radius 2 is 1.67 bits per heavy atom. The normalized spacial score (nSPS) is 11.5. The van der Waals surface area contributed by atoms with E-state index in [0.29, 0.717) is 4.47 Å². The summed E-state index contributed by atoms with van der Waals surface area (Å²) in [6.45, 7) is 6.60. The average molecular weight is 355 g/mol. The van der Waals surface area contributed by atoms with Crippen LogP contribution in [-0.4, -0.2) is 0 Å². The summed E-state index contributed by atoms with van der Waals surface area (Å²) in [5, 5.41) is 0. The quantitative estimate of drug-likeness (QED) is 0.651. The number of halogens is 3. The molecule has 0 radical (unpaired) electrons. The summed E-state index contributed by atoms with van der Waals surface area (Å²) < 4.78 is 32.7. The van der Waals surface area contributed by atoms with E-state index in [1.54, 1.807) is 0 Å². The highest BCUT2D eigenvalue weighted by molar-refractivity contribution is 9.10. The van der Waals surface area contributed by atoms with Gasteiger partial charge >= 0.3 is 0 Å². The van der Waals surface area contributed by atoms with Crippen LogP contribution in [0.3, 0.4) is 0 Å². The van der Waals surface area contributed by atoms with Crippen molar-refractivity contribution in [3.05, 3.63) is 63.6 Å². The number of hydrogen-bond acceptors (Lipinski definition) is 1. The third kappa shape index (κ3) is 4.03. The molecule has 112 valence electrons. The molecule has 0 heterocycles. The fourth-order valence-electron chi connectivity index (χ4n) is 1.90. The third-order valence-corrected chi connectivity index (χ3v) is 3.63. The van der Waals surface area contributed by atoms with Crippen LogP contribution < -0.4 is 4.74 Å². The van der Waals surface area contributed by atoms with E-state index in [1.165, 1.54) is 11.6 Å². The molecule has 2 aromatic carbocycles. The molecule has 0 bridgehead atoms. The van der Waals surface area contributed by atoms with Crippen LogP contribution in [-0.2, 0) is 12.0 Å². The van der Waals surface area contributed by atoms with Crippen LogP contribution in [0.15, 0.2) is 40.9 Å². The van der Waals surface area contributed by atoms with Crippen LogP contribution in [0, 0.1) is 11.6 Å². The van der Waals surface area contributed by atoms with Gasteiger partial charge in [0.1, 0.15) is 6.61 Å². The molecule has 4 heteroatoms. The number of benzene rings is 2. The first-order valence-electron chi connectivity index (χ1n) is 6.64. The Morgan fingerprint density at radius 3 is 2.24 bits per heavy atom. The number of hydrogen-bond donors (Lipinski definition) is 0. The molecule has 0 saturated carbocycles. The zero-order valence-corrected chi connectivity index (χ0v) is 13.8. The summed E-state index contributed by atoms with van der Waals surface area (Å²) >= 11 is 3.12. The molecule has 2 rings (SSSR count). The van der Waals surface area contributed by atoms with Crippen molar-refractivity contribution in [2.24, 2.45) is 0 Å². The lowest BCUT2D eigenvalue weighted by Gasteiger charge is -2.19. The van der Waals surface area contributed by atoms with Crippen molar-refractivity contribution in [3.63, 3.8) is 0 Å². The van der Waals surface area contributed by atoms with Crippen LogP contribution in [0.2, 0.25) is 0 Å². The summed E-state index contributed by atoms with van der Waals surface area (Å²) in [5.74, 6) is -1.99. The predicted molar refractivity (Wildman–Crippen MR) is 83.5 cm³/mol. The van der Waals surface area contributed by atoms with Gasteiger partial charge in [-0.2, -0.15) is 4.39 Å². The fourth-order valence-corrected chi connectivity index (χ4v) is 2.31. The van der Waals surface area contributed by atoms with Gasteiger partial charge in [-0.3, -0.25) is 0 Å². The van der Waals surface area contributed by atoms with Gasteiger partial charge in [-0.15, -0.1) is 0 Å². The molecule has 0 aromatic heterocycles. The smallest absolute Gasteiger partial charge is 0.200 e. The lowest BCUT2D eigenvalue weighted by atomic mass is 9.87. The number of ether oxygens (including phenoxy) is 1. The SMILES string of the molecule is CC(C)(C)c1ccc(COc2cc(Br)cc(F)c2F)cc1. The molecule has 0 amide bonds. The zero-order valence-electron chi connectivity index (χ0n) is 12.2. The highest BCUT2D eigenvalue weighted by atomic mass is 79.9. The van der Waals surface area contributed by atoms with E-state index >= 15 is 0 Å². The van der Waals surface area contributed by atoms with Crippen molar-refractivity contribution < 1.29 is 13.5 Å². The standard InChI is InChI=1S/C17H17BrF2O/c1-17(2,3)12-6-4-11(5-7-12)10-21-15-9-13(18)8-14(19)16(15)20/h4-9H,10H2,1-3H3. The first kappa shape index (κ1) is 16.0. The molecular formula is C17H17BrF2O. The van der Waals surface area contributed by atoms with E-state index in [-0.39, 0.29) is 17.8 Å². The van der Waals surface area contributed by atoms with E-state index in [0.717, 1.165) is 11.6 Å². The molecule has 0 atom stereocenters. The van der Waals surface area contributed by atoms with E-state index in [4.69, 9.17) is 4.74 Å². The summed E-state index contributed by atoms with van der Waals surface area (Å²) in [6.07, 6.45) is 0. The van der Waals surface area contributed by atoms with E-state index < -0.39 is 11.6 Å². The van der Waals surface area contributed by atoms with Gasteiger partial charge in [-0.1, -0.05) is 61.0 Å². The molecule has 0 aliphatic heterocycles. The monoisotopic (exact) mass is 354 g/mol. The Balaban J connectivity index is 2.10. The minimum absolute atomic E-state index is 0.0823. The van der Waals surface area contributed by atoms with Gasteiger partial charge in [0.05, 0.1) is 0 Å². The Morgan fingerprint density at radius 1 is 1.05 bits per heavy atom. The van der Waals surface area contributed by atoms with Gasteiger partial charge < -0.3 is 4.74 Å². The minimum Gasteiger partial charge on any atom is -0.486 e. The zero-order chi connectivity index (χ0) is 15.6. The van der Waals surface area contributed by atoms with Gasteiger partial charge in [0.2, 0.25) is 5.82 Å². The van der Waals surface area contributed by atoms with E-state index in [9.17, 15) is 8.78 Å². The first-order chi connectivity index (χ1) is 9.77. The highest BCUT2D eigenvalue weighted by Crippen LogP contribution is 2.27. The van der Waals surface area contributed by atoms with Crippen molar-refractivity contribution in [1.29, 1.82) is 0 Å². The maximum Gasteiger partial charge on any atom is 0.200 e. The largest absolute Gasteiger partial charge is 0.486 e. The predicted octanol–water partition coefficient (Wildman–Crippen LogP) is 5.60. The Kier molecular flexibility index (Phi) is 4.67. The van der Waals surface area contributed by atoms with Gasteiger partial charge in [0.15, 0.2) is 11.6 Å². The van der Waals surface area contributed by atoms with Gasteiger partial charge in [-0.05, 0) is 28.7 Å². The Hall–Kier alpha value is -1.42. The molecule has 0 saturated heterocycles. The maximum absolute atomic E-state index is 13.6. The van der Waals surface area contributed by atoms with Crippen molar-refractivity contribution in [2.45, 2.75) is 32.8 Å². The minimum atomic E-state index is -0.968. The molecule has 0 fully saturated rings. The lowest BCUT2D eigenvalue weighted by Crippen LogP contribution is -2.10. The van der Waals surface area contributed by atoms with Crippen molar-refractivity contribution in [3.8, 4) is 5.75 Å². The number of rotatable bonds is 3. The van der Waals surface area contributed by atoms with Gasteiger partial charge in [0, 0.05) is 4.47 Å². The maximum atomic E-state index is 13.6. The van der Waals surface area contributed by atoms with Crippen molar-refractivity contribution >= 4 is 15.9 Å². The van der Waals surface area contributed by atoms with Crippen molar-refractivity contribution in [1.82, 2.24) is 0 Å². The van der Waals surface area contributed by atoms with Crippen LogP contribution in [0.25, 0.3) is 0 Å². The highest BCUT2D eigenvalue weighted by Gasteiger charge is 2.14. The van der Waals surface area contributed by atoms with Crippen molar-refractivity contribution in [2.75, 3.05) is 0 Å². The molecule has 21 heavy (non-hydrogen) atoms. The van der Waals surface area contributed by atoms with Crippen LogP contribution >= 0.6 is 15.9 Å². The fraction of sp³-hybridized carbons (Fsp3) is 0.294. The molecular weight excluding hydrogens is 338 g/mol. The molecule has 1 nitrogen and oxygen atoms in total. The summed E-state index contributed by atoms with van der Waals surface area (Å²) in [6, 6.07) is 10.4. The summed E-state index contributed by atoms with van der Waals surface area (Å²) in [7, 11) is 0. The topological polar surface area (TPSA) is 9.23 Å². The van der Waals surface area contributed by atoms with E-state index in [1.807, 2.05) is 24.3 Å². The molecule has 0 unspecified atom stereocenters. The summed E-state index contributed by atoms with van der Waals surface area (Å²) in [4.78, 5) is 0. The second-order valence-corrected chi connectivity index (χ2v) is 6.85. The average Bonchev–Trinajstić information content (AvgIpc) is 2.40. The lowest BCUT2D eigenvalue weighted by molar-refractivity contribution is 0.284. The van der Waals surface area contributed by atoms with Gasteiger partial charge in [-0.25, -0.2) is 4.39 Å². The molecule has 0 aliphatic rings. The van der Waals surface area contributed by atoms with Crippen LogP contribution in [0.5, 0.6) is 5.75 Å². The van der Waals surface area contributed by atoms with Crippen LogP contribution in [0.1, 0.15) is 31.9 Å². The molecule has 2 aromatic rings. The first-order valence-corrected chi connectivity index (χ1v) is 7.43. The van der Waals surface area contributed by atoms with E-state index in [2.05, 4.69) is 36.7 Å². The molecule has 0 aliphatic carbocycles. The second kappa shape index (κ2) is 6.14.